The highest BCUT2D eigenvalue weighted by molar-refractivity contribution is 5.74. The van der Waals surface area contributed by atoms with Gasteiger partial charge in [0.2, 0.25) is 0 Å². The summed E-state index contributed by atoms with van der Waals surface area (Å²) >= 11 is 0. The Morgan fingerprint density at radius 3 is 3.00 bits per heavy atom. The van der Waals surface area contributed by atoms with Crippen LogP contribution in [0.1, 0.15) is 5.56 Å². The number of halogens is 1. The average molecular weight is 211 g/mol. The third-order valence-corrected chi connectivity index (χ3v) is 1.73. The maximum atomic E-state index is 11.9. The number of rotatable bonds is 5. The molecule has 1 rings (SSSR count). The van der Waals surface area contributed by atoms with Gasteiger partial charge in [-0.15, -0.1) is 0 Å². The average Bonchev–Trinajstić information content (AvgIpc) is 2.24. The fourth-order valence-electron chi connectivity index (χ4n) is 1.10. The molecule has 0 radical (unpaired) electrons. The Morgan fingerprint density at radius 1 is 1.53 bits per heavy atom. The molecule has 0 fully saturated rings. The second-order valence-corrected chi connectivity index (χ2v) is 2.95. The molecular formula is C10H14FN3O. The largest absolute Gasteiger partial charge is 0.491 e. The van der Waals surface area contributed by atoms with Crippen molar-refractivity contribution in [2.45, 2.75) is 6.54 Å². The van der Waals surface area contributed by atoms with E-state index in [0.717, 1.165) is 5.56 Å². The van der Waals surface area contributed by atoms with Crippen LogP contribution in [0.5, 0.6) is 5.75 Å². The Labute approximate surface area is 87.7 Å². The van der Waals surface area contributed by atoms with Gasteiger partial charge < -0.3 is 15.8 Å². The minimum absolute atomic E-state index is 0.0591. The van der Waals surface area contributed by atoms with Crippen LogP contribution in [-0.4, -0.2) is 19.2 Å². The molecule has 0 heterocycles. The van der Waals surface area contributed by atoms with E-state index in [1.165, 1.54) is 0 Å². The van der Waals surface area contributed by atoms with Crippen molar-refractivity contribution in [3.05, 3.63) is 29.8 Å². The number of nitrogens with two attached hydrogens (primary N) is 1. The number of hydrogen-bond donors (Lipinski definition) is 3. The van der Waals surface area contributed by atoms with Crippen LogP contribution in [0.4, 0.5) is 4.39 Å². The monoisotopic (exact) mass is 211 g/mol. The topological polar surface area (TPSA) is 71.1 Å². The van der Waals surface area contributed by atoms with Crippen LogP contribution in [0.3, 0.4) is 0 Å². The molecule has 0 aliphatic rings. The van der Waals surface area contributed by atoms with E-state index < -0.39 is 6.67 Å². The molecule has 1 aromatic rings. The first kappa shape index (κ1) is 11.3. The minimum Gasteiger partial charge on any atom is -0.491 e. The number of ether oxygens (including phenoxy) is 1. The van der Waals surface area contributed by atoms with E-state index in [0.29, 0.717) is 12.3 Å². The third kappa shape index (κ3) is 4.30. The summed E-state index contributed by atoms with van der Waals surface area (Å²) in [7, 11) is 0. The van der Waals surface area contributed by atoms with E-state index in [2.05, 4.69) is 5.32 Å². The van der Waals surface area contributed by atoms with Gasteiger partial charge in [0, 0.05) is 6.54 Å². The van der Waals surface area contributed by atoms with Gasteiger partial charge in [-0.05, 0) is 17.7 Å². The Hall–Kier alpha value is -1.78. The first-order valence-electron chi connectivity index (χ1n) is 4.58. The molecule has 0 unspecified atom stereocenters. The summed E-state index contributed by atoms with van der Waals surface area (Å²) in [6.45, 7) is 0.0155. The fourth-order valence-corrected chi connectivity index (χ4v) is 1.10. The normalized spacial score (nSPS) is 9.67. The summed E-state index contributed by atoms with van der Waals surface area (Å²) in [6.07, 6.45) is 0. The second-order valence-electron chi connectivity index (χ2n) is 2.95. The molecule has 15 heavy (non-hydrogen) atoms. The Bertz CT molecular complexity index is 330. The van der Waals surface area contributed by atoms with Crippen LogP contribution in [0.25, 0.3) is 0 Å². The van der Waals surface area contributed by atoms with Crippen molar-refractivity contribution in [1.82, 2.24) is 5.32 Å². The molecule has 4 nitrogen and oxygen atoms in total. The Kier molecular flexibility index (Phi) is 4.40. The highest BCUT2D eigenvalue weighted by Crippen LogP contribution is 2.12. The van der Waals surface area contributed by atoms with Crippen molar-refractivity contribution in [2.75, 3.05) is 13.3 Å². The number of hydrogen-bond acceptors (Lipinski definition) is 2. The van der Waals surface area contributed by atoms with Gasteiger partial charge >= 0.3 is 0 Å². The third-order valence-electron chi connectivity index (χ3n) is 1.73. The van der Waals surface area contributed by atoms with Crippen molar-refractivity contribution in [1.29, 1.82) is 5.41 Å². The summed E-state index contributed by atoms with van der Waals surface area (Å²) < 4.78 is 17.0. The SMILES string of the molecule is N=C(N)NCc1cccc(OCCF)c1. The van der Waals surface area contributed by atoms with E-state index in [4.69, 9.17) is 15.9 Å². The zero-order chi connectivity index (χ0) is 11.1. The van der Waals surface area contributed by atoms with Crippen molar-refractivity contribution in [3.63, 3.8) is 0 Å². The molecule has 4 N–H and O–H groups in total. The van der Waals surface area contributed by atoms with Gasteiger partial charge in [0.25, 0.3) is 0 Å². The number of nitrogens with one attached hydrogen (secondary N) is 2. The van der Waals surface area contributed by atoms with Crippen molar-refractivity contribution in [2.24, 2.45) is 5.73 Å². The molecule has 0 atom stereocenters. The van der Waals surface area contributed by atoms with E-state index >= 15 is 0 Å². The summed E-state index contributed by atoms with van der Waals surface area (Å²) in [6, 6.07) is 7.22. The van der Waals surface area contributed by atoms with Crippen LogP contribution >= 0.6 is 0 Å². The van der Waals surface area contributed by atoms with E-state index in [1.54, 1.807) is 12.1 Å². The van der Waals surface area contributed by atoms with Gasteiger partial charge in [-0.2, -0.15) is 0 Å². The molecule has 0 spiro atoms. The summed E-state index contributed by atoms with van der Waals surface area (Å²) in [5.41, 5.74) is 6.08. The molecule has 5 heteroatoms. The second kappa shape index (κ2) is 5.85. The van der Waals surface area contributed by atoms with Crippen molar-refractivity contribution < 1.29 is 9.13 Å². The van der Waals surface area contributed by atoms with Crippen LogP contribution in [0.2, 0.25) is 0 Å². The van der Waals surface area contributed by atoms with Crippen molar-refractivity contribution in [3.8, 4) is 5.75 Å². The van der Waals surface area contributed by atoms with Gasteiger partial charge in [0.05, 0.1) is 0 Å². The molecule has 0 aliphatic heterocycles. The summed E-state index contributed by atoms with van der Waals surface area (Å²) in [5, 5.41) is 9.67. The van der Waals surface area contributed by atoms with E-state index in [-0.39, 0.29) is 12.6 Å². The molecule has 1 aromatic carbocycles. The van der Waals surface area contributed by atoms with Crippen LogP contribution < -0.4 is 15.8 Å². The van der Waals surface area contributed by atoms with Crippen molar-refractivity contribution >= 4 is 5.96 Å². The number of benzene rings is 1. The smallest absolute Gasteiger partial charge is 0.185 e. The van der Waals surface area contributed by atoms with Gasteiger partial charge in [0.1, 0.15) is 19.0 Å². The zero-order valence-electron chi connectivity index (χ0n) is 8.29. The quantitative estimate of drug-likeness (QED) is 0.503. The highest BCUT2D eigenvalue weighted by atomic mass is 19.1. The Morgan fingerprint density at radius 2 is 2.33 bits per heavy atom. The molecular weight excluding hydrogens is 197 g/mol. The number of guanidine groups is 1. The lowest BCUT2D eigenvalue weighted by Crippen LogP contribution is -2.29. The van der Waals surface area contributed by atoms with E-state index in [1.807, 2.05) is 12.1 Å². The maximum absolute atomic E-state index is 11.9. The van der Waals surface area contributed by atoms with Crippen LogP contribution in [0, 0.1) is 5.41 Å². The molecule has 0 aliphatic carbocycles. The highest BCUT2D eigenvalue weighted by Gasteiger charge is 1.97. The lowest BCUT2D eigenvalue weighted by molar-refractivity contribution is 0.273. The molecule has 0 saturated heterocycles. The first-order chi connectivity index (χ1) is 7.22. The molecule has 0 aromatic heterocycles. The van der Waals surface area contributed by atoms with E-state index in [9.17, 15) is 4.39 Å². The van der Waals surface area contributed by atoms with Gasteiger partial charge in [-0.25, -0.2) is 4.39 Å². The minimum atomic E-state index is -0.504. The van der Waals surface area contributed by atoms with Gasteiger partial charge in [0.15, 0.2) is 5.96 Å². The lowest BCUT2D eigenvalue weighted by Gasteiger charge is -2.07. The Balaban J connectivity index is 2.53. The first-order valence-corrected chi connectivity index (χ1v) is 4.58. The molecule has 0 saturated carbocycles. The summed E-state index contributed by atoms with van der Waals surface area (Å²) in [4.78, 5) is 0. The zero-order valence-corrected chi connectivity index (χ0v) is 8.29. The molecule has 0 bridgehead atoms. The molecule has 82 valence electrons. The van der Waals surface area contributed by atoms with Gasteiger partial charge in [-0.1, -0.05) is 12.1 Å². The maximum Gasteiger partial charge on any atom is 0.185 e. The fraction of sp³-hybridized carbons (Fsp3) is 0.300. The van der Waals surface area contributed by atoms with Crippen LogP contribution in [0.15, 0.2) is 24.3 Å². The van der Waals surface area contributed by atoms with Gasteiger partial charge in [-0.3, -0.25) is 5.41 Å². The van der Waals surface area contributed by atoms with Crippen LogP contribution in [-0.2, 0) is 6.54 Å². The standard InChI is InChI=1S/C10H14FN3O/c11-4-5-15-9-3-1-2-8(6-9)7-14-10(12)13/h1-3,6H,4-5,7H2,(H4,12,13,14). The number of alkyl halides is 1. The summed E-state index contributed by atoms with van der Waals surface area (Å²) in [5.74, 6) is 0.542. The predicted molar refractivity (Wildman–Crippen MR) is 56.7 cm³/mol. The lowest BCUT2D eigenvalue weighted by atomic mass is 10.2. The predicted octanol–water partition coefficient (Wildman–Crippen LogP) is 1.02. The molecule has 0 amide bonds.